The number of hydrogen-bond acceptors (Lipinski definition) is 3. The van der Waals surface area contributed by atoms with Crippen molar-refractivity contribution in [2.75, 3.05) is 13.1 Å². The molecule has 1 unspecified atom stereocenters. The van der Waals surface area contributed by atoms with Gasteiger partial charge in [0.1, 0.15) is 6.04 Å². The summed E-state index contributed by atoms with van der Waals surface area (Å²) in [6.45, 7) is 3.81. The van der Waals surface area contributed by atoms with E-state index in [9.17, 15) is 9.59 Å². The third kappa shape index (κ3) is 4.22. The first kappa shape index (κ1) is 13.8. The van der Waals surface area contributed by atoms with E-state index in [-0.39, 0.29) is 0 Å². The van der Waals surface area contributed by atoms with Gasteiger partial charge in [-0.2, -0.15) is 0 Å². The Morgan fingerprint density at radius 1 is 1.24 bits per heavy atom. The molecule has 0 aromatic heterocycles. The van der Waals surface area contributed by atoms with Crippen molar-refractivity contribution in [2.45, 2.75) is 44.7 Å². The van der Waals surface area contributed by atoms with Crippen molar-refractivity contribution in [3.05, 3.63) is 0 Å². The lowest BCUT2D eigenvalue weighted by molar-refractivity contribution is -0.141. The Kier molecular flexibility index (Phi) is 5.21. The second-order valence-corrected chi connectivity index (χ2v) is 4.47. The van der Waals surface area contributed by atoms with Crippen molar-refractivity contribution < 1.29 is 19.8 Å². The fraction of sp³-hybridized carbons (Fsp3) is 0.818. The van der Waals surface area contributed by atoms with E-state index in [0.717, 1.165) is 10.9 Å². The molecule has 17 heavy (non-hydrogen) atoms. The second kappa shape index (κ2) is 6.44. The van der Waals surface area contributed by atoms with Crippen molar-refractivity contribution in [3.8, 4) is 0 Å². The third-order valence-corrected chi connectivity index (χ3v) is 3.09. The molecule has 2 aliphatic heterocycles. The zero-order chi connectivity index (χ0) is 12.8. The van der Waals surface area contributed by atoms with Crippen LogP contribution in [0.4, 0.5) is 4.79 Å². The highest BCUT2D eigenvalue weighted by Gasteiger charge is 2.33. The SMILES string of the molecule is C[C@H]1CCCN1.O=C(O)C1CCCN1C(=O)O. The Balaban J connectivity index is 0.000000202. The topological polar surface area (TPSA) is 89.9 Å². The predicted molar refractivity (Wildman–Crippen MR) is 62.1 cm³/mol. The van der Waals surface area contributed by atoms with Gasteiger partial charge in [0.25, 0.3) is 0 Å². The second-order valence-electron chi connectivity index (χ2n) is 4.47. The maximum Gasteiger partial charge on any atom is 0.408 e. The van der Waals surface area contributed by atoms with Crippen molar-refractivity contribution in [2.24, 2.45) is 0 Å². The van der Waals surface area contributed by atoms with Gasteiger partial charge in [0.05, 0.1) is 0 Å². The van der Waals surface area contributed by atoms with E-state index in [1.54, 1.807) is 0 Å². The molecule has 2 saturated heterocycles. The highest BCUT2D eigenvalue weighted by molar-refractivity contribution is 5.79. The number of amides is 1. The van der Waals surface area contributed by atoms with E-state index in [0.29, 0.717) is 19.4 Å². The first-order chi connectivity index (χ1) is 8.02. The molecule has 6 heteroatoms. The van der Waals surface area contributed by atoms with E-state index in [4.69, 9.17) is 10.2 Å². The highest BCUT2D eigenvalue weighted by Crippen LogP contribution is 2.16. The van der Waals surface area contributed by atoms with E-state index >= 15 is 0 Å². The number of carbonyl (C=O) groups is 2. The fourth-order valence-electron chi connectivity index (χ4n) is 2.11. The molecular formula is C11H20N2O4. The molecule has 0 aromatic rings. The summed E-state index contributed by atoms with van der Waals surface area (Å²) in [5.74, 6) is -1.05. The van der Waals surface area contributed by atoms with Crippen LogP contribution >= 0.6 is 0 Å². The fourth-order valence-corrected chi connectivity index (χ4v) is 2.11. The summed E-state index contributed by atoms with van der Waals surface area (Å²) in [7, 11) is 0. The van der Waals surface area contributed by atoms with Gasteiger partial charge >= 0.3 is 12.1 Å². The first-order valence-electron chi connectivity index (χ1n) is 5.98. The van der Waals surface area contributed by atoms with Crippen LogP contribution in [0.1, 0.15) is 32.6 Å². The lowest BCUT2D eigenvalue weighted by atomic mass is 10.2. The van der Waals surface area contributed by atoms with Crippen molar-refractivity contribution in [1.82, 2.24) is 10.2 Å². The highest BCUT2D eigenvalue weighted by atomic mass is 16.4. The van der Waals surface area contributed by atoms with Crippen LogP contribution in [0, 0.1) is 0 Å². The molecule has 2 fully saturated rings. The third-order valence-electron chi connectivity index (χ3n) is 3.09. The molecule has 0 aromatic carbocycles. The Bertz CT molecular complexity index is 257. The van der Waals surface area contributed by atoms with Crippen LogP contribution < -0.4 is 5.32 Å². The molecular weight excluding hydrogens is 224 g/mol. The summed E-state index contributed by atoms with van der Waals surface area (Å²) < 4.78 is 0. The average Bonchev–Trinajstić information content (AvgIpc) is 2.87. The van der Waals surface area contributed by atoms with Crippen molar-refractivity contribution in [1.29, 1.82) is 0 Å². The van der Waals surface area contributed by atoms with Gasteiger partial charge in [-0.3, -0.25) is 4.90 Å². The van der Waals surface area contributed by atoms with E-state index in [2.05, 4.69) is 12.2 Å². The number of rotatable bonds is 1. The zero-order valence-corrected chi connectivity index (χ0v) is 10.1. The van der Waals surface area contributed by atoms with Crippen LogP contribution in [0.5, 0.6) is 0 Å². The molecule has 2 heterocycles. The summed E-state index contributed by atoms with van der Waals surface area (Å²) >= 11 is 0. The maximum atomic E-state index is 10.4. The molecule has 3 N–H and O–H groups in total. The number of carboxylic acids is 1. The first-order valence-corrected chi connectivity index (χ1v) is 5.98. The van der Waals surface area contributed by atoms with Crippen molar-refractivity contribution >= 4 is 12.1 Å². The number of likely N-dealkylation sites (tertiary alicyclic amines) is 1. The van der Waals surface area contributed by atoms with Crippen molar-refractivity contribution in [3.63, 3.8) is 0 Å². The van der Waals surface area contributed by atoms with Crippen LogP contribution in [0.3, 0.4) is 0 Å². The molecule has 98 valence electrons. The number of hydrogen-bond donors (Lipinski definition) is 3. The van der Waals surface area contributed by atoms with Gasteiger partial charge in [-0.25, -0.2) is 9.59 Å². The van der Waals surface area contributed by atoms with Gasteiger partial charge in [-0.05, 0) is 39.2 Å². The normalized spacial score (nSPS) is 27.5. The van der Waals surface area contributed by atoms with Crippen LogP contribution in [-0.4, -0.2) is 52.3 Å². The summed E-state index contributed by atoms with van der Waals surface area (Å²) in [6.07, 6.45) is 2.68. The van der Waals surface area contributed by atoms with E-state index in [1.807, 2.05) is 0 Å². The lowest BCUT2D eigenvalue weighted by Gasteiger charge is -2.16. The molecule has 2 atom stereocenters. The van der Waals surface area contributed by atoms with Gasteiger partial charge in [0.15, 0.2) is 0 Å². The summed E-state index contributed by atoms with van der Waals surface area (Å²) in [4.78, 5) is 21.8. The lowest BCUT2D eigenvalue weighted by Crippen LogP contribution is -2.39. The number of nitrogens with one attached hydrogen (secondary N) is 1. The Hall–Kier alpha value is -1.30. The molecule has 0 spiro atoms. The van der Waals surface area contributed by atoms with Crippen LogP contribution in [0.25, 0.3) is 0 Å². The molecule has 0 radical (unpaired) electrons. The van der Waals surface area contributed by atoms with Gasteiger partial charge < -0.3 is 15.5 Å². The molecule has 0 bridgehead atoms. The molecule has 0 saturated carbocycles. The summed E-state index contributed by atoms with van der Waals surface area (Å²) in [5.41, 5.74) is 0. The van der Waals surface area contributed by atoms with Crippen LogP contribution in [-0.2, 0) is 4.79 Å². The van der Waals surface area contributed by atoms with Gasteiger partial charge in [0, 0.05) is 12.6 Å². The molecule has 2 rings (SSSR count). The Labute approximate surface area is 101 Å². The van der Waals surface area contributed by atoms with Gasteiger partial charge in [0.2, 0.25) is 0 Å². The standard InChI is InChI=1S/C6H9NO4.C5H11N/c8-5(9)4-2-1-3-7(4)6(10)11;1-5-3-2-4-6-5/h4H,1-3H2,(H,8,9)(H,10,11);5-6H,2-4H2,1H3/t;5-/m.0/s1. The smallest absolute Gasteiger partial charge is 0.408 e. The summed E-state index contributed by atoms with van der Waals surface area (Å²) in [5, 5.41) is 20.3. The Morgan fingerprint density at radius 2 is 1.94 bits per heavy atom. The number of carboxylic acid groups (broad SMARTS) is 2. The maximum absolute atomic E-state index is 10.4. The Morgan fingerprint density at radius 3 is 2.24 bits per heavy atom. The molecule has 1 amide bonds. The quantitative estimate of drug-likeness (QED) is 0.639. The monoisotopic (exact) mass is 244 g/mol. The van der Waals surface area contributed by atoms with Crippen LogP contribution in [0.2, 0.25) is 0 Å². The minimum absolute atomic E-state index is 0.340. The van der Waals surface area contributed by atoms with Crippen LogP contribution in [0.15, 0.2) is 0 Å². The summed E-state index contributed by atoms with van der Waals surface area (Å²) in [6, 6.07) is -0.0301. The minimum atomic E-state index is -1.14. The predicted octanol–water partition coefficient (Wildman–Crippen LogP) is 0.972. The van der Waals surface area contributed by atoms with E-state index in [1.165, 1.54) is 19.4 Å². The molecule has 0 aliphatic carbocycles. The largest absolute Gasteiger partial charge is 0.480 e. The minimum Gasteiger partial charge on any atom is -0.480 e. The van der Waals surface area contributed by atoms with Gasteiger partial charge in [-0.15, -0.1) is 0 Å². The average molecular weight is 244 g/mol. The molecule has 2 aliphatic rings. The molecule has 6 nitrogen and oxygen atoms in total. The van der Waals surface area contributed by atoms with E-state index < -0.39 is 18.1 Å². The van der Waals surface area contributed by atoms with Gasteiger partial charge in [-0.1, -0.05) is 0 Å². The number of aliphatic carboxylic acids is 1. The number of nitrogens with zero attached hydrogens (tertiary/aromatic N) is 1. The zero-order valence-electron chi connectivity index (χ0n) is 10.1.